The van der Waals surface area contributed by atoms with Gasteiger partial charge < -0.3 is 9.84 Å². The molecule has 3 heteroatoms. The quantitative estimate of drug-likeness (QED) is 0.869. The summed E-state index contributed by atoms with van der Waals surface area (Å²) in [6.07, 6.45) is 5.46. The largest absolute Gasteiger partial charge is 0.496 e. The molecule has 0 saturated carbocycles. The molecule has 2 nitrogen and oxygen atoms in total. The van der Waals surface area contributed by atoms with Crippen LogP contribution in [0.25, 0.3) is 0 Å². The first kappa shape index (κ1) is 14.1. The second-order valence-electron chi connectivity index (χ2n) is 4.52. The normalized spacial score (nSPS) is 13.3. The van der Waals surface area contributed by atoms with Crippen LogP contribution in [0.4, 0.5) is 4.39 Å². The molecule has 0 aliphatic rings. The standard InChI is InChI=1S/C17H15FO2/c1-4-17(19,14-7-5-6-8-15(14)18)13-9-10-16(20-3)12(2)11-13/h1,5-11,19H,2-3H3. The highest BCUT2D eigenvalue weighted by Crippen LogP contribution is 2.33. The van der Waals surface area contributed by atoms with Gasteiger partial charge in [-0.2, -0.15) is 0 Å². The van der Waals surface area contributed by atoms with Crippen molar-refractivity contribution in [1.82, 2.24) is 0 Å². The van der Waals surface area contributed by atoms with Crippen LogP contribution in [-0.2, 0) is 5.60 Å². The number of halogens is 1. The third-order valence-electron chi connectivity index (χ3n) is 3.29. The summed E-state index contributed by atoms with van der Waals surface area (Å²) < 4.78 is 19.1. The molecule has 0 aliphatic heterocycles. The van der Waals surface area contributed by atoms with Crippen molar-refractivity contribution < 1.29 is 14.2 Å². The van der Waals surface area contributed by atoms with Gasteiger partial charge >= 0.3 is 0 Å². The molecule has 0 aromatic heterocycles. The highest BCUT2D eigenvalue weighted by molar-refractivity contribution is 5.48. The number of aryl methyl sites for hydroxylation is 1. The summed E-state index contributed by atoms with van der Waals surface area (Å²) in [7, 11) is 1.56. The van der Waals surface area contributed by atoms with Gasteiger partial charge in [-0.3, -0.25) is 0 Å². The molecule has 0 saturated heterocycles. The molecule has 0 radical (unpaired) electrons. The summed E-state index contributed by atoms with van der Waals surface area (Å²) in [5, 5.41) is 10.7. The SMILES string of the molecule is C#CC(O)(c1ccc(OC)c(C)c1)c1ccccc1F. The Morgan fingerprint density at radius 2 is 1.95 bits per heavy atom. The maximum Gasteiger partial charge on any atom is 0.179 e. The molecule has 1 atom stereocenters. The van der Waals surface area contributed by atoms with Gasteiger partial charge in [0.1, 0.15) is 11.6 Å². The van der Waals surface area contributed by atoms with E-state index in [0.29, 0.717) is 11.3 Å². The number of terminal acetylenes is 1. The van der Waals surface area contributed by atoms with Crippen molar-refractivity contribution in [1.29, 1.82) is 0 Å². The first-order chi connectivity index (χ1) is 9.52. The van der Waals surface area contributed by atoms with E-state index in [9.17, 15) is 9.50 Å². The Bertz CT molecular complexity index is 673. The number of benzene rings is 2. The van der Waals surface area contributed by atoms with Gasteiger partial charge in [-0.1, -0.05) is 30.2 Å². The summed E-state index contributed by atoms with van der Waals surface area (Å²) in [5.74, 6) is 2.43. The molecule has 0 spiro atoms. The van der Waals surface area contributed by atoms with E-state index in [4.69, 9.17) is 11.2 Å². The zero-order valence-electron chi connectivity index (χ0n) is 11.4. The van der Waals surface area contributed by atoms with Crippen LogP contribution in [-0.4, -0.2) is 12.2 Å². The van der Waals surface area contributed by atoms with E-state index in [1.165, 1.54) is 12.1 Å². The van der Waals surface area contributed by atoms with E-state index >= 15 is 0 Å². The molecule has 2 aromatic rings. The topological polar surface area (TPSA) is 29.5 Å². The van der Waals surface area contributed by atoms with Crippen molar-refractivity contribution in [3.05, 3.63) is 65.0 Å². The summed E-state index contributed by atoms with van der Waals surface area (Å²) in [6, 6.07) is 11.0. The van der Waals surface area contributed by atoms with Crippen LogP contribution in [0.3, 0.4) is 0 Å². The Labute approximate surface area is 117 Å². The van der Waals surface area contributed by atoms with Crippen molar-refractivity contribution in [3.8, 4) is 18.1 Å². The van der Waals surface area contributed by atoms with E-state index in [2.05, 4.69) is 5.92 Å². The minimum absolute atomic E-state index is 0.0621. The fraction of sp³-hybridized carbons (Fsp3) is 0.176. The molecule has 1 N–H and O–H groups in total. The Hall–Kier alpha value is -2.31. The fourth-order valence-electron chi connectivity index (χ4n) is 2.17. The van der Waals surface area contributed by atoms with Crippen molar-refractivity contribution >= 4 is 0 Å². The van der Waals surface area contributed by atoms with E-state index < -0.39 is 11.4 Å². The molecule has 1 unspecified atom stereocenters. The minimum atomic E-state index is -1.80. The third-order valence-corrected chi connectivity index (χ3v) is 3.29. The molecular weight excluding hydrogens is 255 g/mol. The van der Waals surface area contributed by atoms with Gasteiger partial charge in [0.15, 0.2) is 5.60 Å². The van der Waals surface area contributed by atoms with Crippen LogP contribution in [0, 0.1) is 25.1 Å². The monoisotopic (exact) mass is 270 g/mol. The van der Waals surface area contributed by atoms with Crippen LogP contribution in [0.1, 0.15) is 16.7 Å². The maximum absolute atomic E-state index is 13.9. The summed E-state index contributed by atoms with van der Waals surface area (Å²) >= 11 is 0. The molecule has 102 valence electrons. The third kappa shape index (κ3) is 2.26. The maximum atomic E-state index is 13.9. The Balaban J connectivity index is 2.60. The highest BCUT2D eigenvalue weighted by atomic mass is 19.1. The number of hydrogen-bond donors (Lipinski definition) is 1. The smallest absolute Gasteiger partial charge is 0.179 e. The van der Waals surface area contributed by atoms with Gasteiger partial charge in [-0.15, -0.1) is 6.42 Å². The zero-order chi connectivity index (χ0) is 14.8. The second-order valence-corrected chi connectivity index (χ2v) is 4.52. The average molecular weight is 270 g/mol. The minimum Gasteiger partial charge on any atom is -0.496 e. The van der Waals surface area contributed by atoms with Gasteiger partial charge in [0, 0.05) is 11.1 Å². The van der Waals surface area contributed by atoms with Crippen LogP contribution in [0.5, 0.6) is 5.75 Å². The average Bonchev–Trinajstić information content (AvgIpc) is 2.47. The number of aliphatic hydroxyl groups is 1. The van der Waals surface area contributed by atoms with E-state index in [-0.39, 0.29) is 5.56 Å². The lowest BCUT2D eigenvalue weighted by Gasteiger charge is -2.24. The first-order valence-corrected chi connectivity index (χ1v) is 6.13. The van der Waals surface area contributed by atoms with Gasteiger partial charge in [-0.25, -0.2) is 4.39 Å². The molecule has 2 rings (SSSR count). The van der Waals surface area contributed by atoms with Crippen molar-refractivity contribution in [2.75, 3.05) is 7.11 Å². The molecular formula is C17H15FO2. The predicted molar refractivity (Wildman–Crippen MR) is 76.0 cm³/mol. The van der Waals surface area contributed by atoms with Crippen molar-refractivity contribution in [2.24, 2.45) is 0 Å². The predicted octanol–water partition coefficient (Wildman–Crippen LogP) is 3.01. The summed E-state index contributed by atoms with van der Waals surface area (Å²) in [4.78, 5) is 0. The number of methoxy groups -OCH3 is 1. The van der Waals surface area contributed by atoms with Crippen LogP contribution < -0.4 is 4.74 Å². The number of ether oxygens (including phenoxy) is 1. The summed E-state index contributed by atoms with van der Waals surface area (Å²) in [5.41, 5.74) is -0.493. The van der Waals surface area contributed by atoms with E-state index in [1.54, 1.807) is 37.4 Å². The van der Waals surface area contributed by atoms with Gasteiger partial charge in [0.2, 0.25) is 0 Å². The molecule has 0 bridgehead atoms. The van der Waals surface area contributed by atoms with Gasteiger partial charge in [-0.05, 0) is 30.7 Å². The van der Waals surface area contributed by atoms with Crippen LogP contribution in [0.2, 0.25) is 0 Å². The lowest BCUT2D eigenvalue weighted by molar-refractivity contribution is 0.140. The molecule has 20 heavy (non-hydrogen) atoms. The Morgan fingerprint density at radius 1 is 1.25 bits per heavy atom. The molecule has 2 aromatic carbocycles. The van der Waals surface area contributed by atoms with Crippen molar-refractivity contribution in [2.45, 2.75) is 12.5 Å². The van der Waals surface area contributed by atoms with Gasteiger partial charge in [0.05, 0.1) is 7.11 Å². The molecule has 0 heterocycles. The number of rotatable bonds is 3. The van der Waals surface area contributed by atoms with E-state index in [0.717, 1.165) is 5.56 Å². The molecule has 0 fully saturated rings. The van der Waals surface area contributed by atoms with Crippen LogP contribution in [0.15, 0.2) is 42.5 Å². The fourth-order valence-corrected chi connectivity index (χ4v) is 2.17. The Kier molecular flexibility index (Phi) is 3.78. The number of hydrogen-bond acceptors (Lipinski definition) is 2. The van der Waals surface area contributed by atoms with Crippen LogP contribution >= 0.6 is 0 Å². The zero-order valence-corrected chi connectivity index (χ0v) is 11.4. The second kappa shape index (κ2) is 5.36. The molecule has 0 amide bonds. The lowest BCUT2D eigenvalue weighted by Crippen LogP contribution is -2.26. The highest BCUT2D eigenvalue weighted by Gasteiger charge is 2.32. The van der Waals surface area contributed by atoms with Gasteiger partial charge in [0.25, 0.3) is 0 Å². The van der Waals surface area contributed by atoms with E-state index in [1.807, 2.05) is 6.92 Å². The molecule has 0 aliphatic carbocycles. The Morgan fingerprint density at radius 3 is 2.50 bits per heavy atom. The lowest BCUT2D eigenvalue weighted by atomic mass is 9.86. The van der Waals surface area contributed by atoms with Crippen molar-refractivity contribution in [3.63, 3.8) is 0 Å². The summed E-state index contributed by atoms with van der Waals surface area (Å²) in [6.45, 7) is 1.83. The first-order valence-electron chi connectivity index (χ1n) is 6.13.